The molecule has 0 aromatic heterocycles. The summed E-state index contributed by atoms with van der Waals surface area (Å²) in [5, 5.41) is 17.4. The number of benzene rings is 6. The van der Waals surface area contributed by atoms with Crippen LogP contribution in [0.5, 0.6) is 11.5 Å². The summed E-state index contributed by atoms with van der Waals surface area (Å²) < 4.78 is 172. The van der Waals surface area contributed by atoms with Crippen molar-refractivity contribution in [1.82, 2.24) is 0 Å². The Balaban J connectivity index is 1.28. The van der Waals surface area contributed by atoms with Crippen molar-refractivity contribution in [2.45, 2.75) is 31.1 Å². The van der Waals surface area contributed by atoms with Crippen LogP contribution in [0.4, 0.5) is 54.0 Å². The molecule has 0 spiro atoms. The predicted octanol–water partition coefficient (Wildman–Crippen LogP) is 12.0. The van der Waals surface area contributed by atoms with Gasteiger partial charge in [0.25, 0.3) is 5.69 Å². The Morgan fingerprint density at radius 3 is 1.78 bits per heavy atom. The van der Waals surface area contributed by atoms with E-state index in [1.165, 1.54) is 30.3 Å². The van der Waals surface area contributed by atoms with Crippen LogP contribution in [0.3, 0.4) is 0 Å². The summed E-state index contributed by atoms with van der Waals surface area (Å²) in [5.41, 5.74) is -8.70. The molecule has 0 N–H and O–H groups in total. The molecule has 6 aromatic carbocycles. The van der Waals surface area contributed by atoms with E-state index in [-0.39, 0.29) is 39.6 Å². The first-order chi connectivity index (χ1) is 31.7. The lowest BCUT2D eigenvalue weighted by molar-refractivity contribution is -0.952. The Hall–Kier alpha value is -7.48. The lowest BCUT2D eigenvalue weighted by Gasteiger charge is -2.34. The van der Waals surface area contributed by atoms with E-state index in [1.54, 1.807) is 0 Å². The maximum Gasteiger partial charge on any atom is 0.417 e. The van der Waals surface area contributed by atoms with Gasteiger partial charge in [0.2, 0.25) is 5.66 Å². The minimum absolute atomic E-state index is 0.0606. The van der Waals surface area contributed by atoms with Gasteiger partial charge < -0.3 is 9.47 Å². The van der Waals surface area contributed by atoms with Crippen LogP contribution in [0.15, 0.2) is 124 Å². The molecule has 0 saturated heterocycles. The maximum atomic E-state index is 16.2. The second-order valence-corrected chi connectivity index (χ2v) is 15.5. The fourth-order valence-corrected chi connectivity index (χ4v) is 8.24. The van der Waals surface area contributed by atoms with Crippen LogP contribution in [0, 0.1) is 39.2 Å². The molecule has 0 saturated carbocycles. The van der Waals surface area contributed by atoms with Gasteiger partial charge in [0.05, 0.1) is 35.8 Å². The van der Waals surface area contributed by atoms with Crippen molar-refractivity contribution in [3.05, 3.63) is 182 Å². The topological polar surface area (TPSA) is 98.7 Å². The second kappa shape index (κ2) is 17.1. The number of hydrogen-bond donors (Lipinski definition) is 0. The molecule has 2 aliphatic rings. The number of rotatable bonds is 11. The molecule has 0 aliphatic carbocycles. The molecule has 1 unspecified atom stereocenters. The van der Waals surface area contributed by atoms with Crippen molar-refractivity contribution >= 4 is 23.3 Å². The molecule has 1 atom stereocenters. The summed E-state index contributed by atoms with van der Waals surface area (Å²) in [4.78, 5) is 21.0. The van der Waals surface area contributed by atoms with E-state index >= 15 is 13.2 Å². The molecule has 9 nitrogen and oxygen atoms in total. The first-order valence-electron chi connectivity index (χ1n) is 19.7. The first kappa shape index (κ1) is 46.1. The molecule has 2 heterocycles. The number of methoxy groups -OCH3 is 2. The molecule has 0 bridgehead atoms. The number of ether oxygens (including phenoxy) is 2. The summed E-state index contributed by atoms with van der Waals surface area (Å²) >= 11 is 0. The fraction of sp³-hybridized carbons (Fsp3) is 0.170. The lowest BCUT2D eigenvalue weighted by atomic mass is 9.91. The number of hydrogen-bond acceptors (Lipinski definition) is 7. The van der Waals surface area contributed by atoms with Gasteiger partial charge in [-0.1, -0.05) is 53.6 Å². The summed E-state index contributed by atoms with van der Waals surface area (Å²) in [6, 6.07) is 18.5. The van der Waals surface area contributed by atoms with Crippen LogP contribution in [0.25, 0.3) is 22.3 Å². The van der Waals surface area contributed by atoms with Crippen LogP contribution < -0.4 is 9.47 Å². The molecule has 344 valence electrons. The van der Waals surface area contributed by atoms with Crippen molar-refractivity contribution in [3.8, 4) is 33.8 Å². The highest BCUT2D eigenvalue weighted by atomic mass is 19.4. The van der Waals surface area contributed by atoms with E-state index in [1.807, 2.05) is 0 Å². The Bertz CT molecular complexity index is 3030. The molecular formula is C47H31F11N5O4+. The zero-order valence-electron chi connectivity index (χ0n) is 34.6. The minimum Gasteiger partial charge on any atom is -0.497 e. The number of nitro benzene ring substituents is 1. The van der Waals surface area contributed by atoms with Gasteiger partial charge in [-0.05, 0) is 71.3 Å². The number of halogens is 11. The van der Waals surface area contributed by atoms with Gasteiger partial charge in [-0.15, -0.1) is 0 Å². The van der Waals surface area contributed by atoms with E-state index in [0.29, 0.717) is 6.07 Å². The molecule has 6 aromatic rings. The van der Waals surface area contributed by atoms with Gasteiger partial charge in [-0.3, -0.25) is 10.1 Å². The van der Waals surface area contributed by atoms with Crippen LogP contribution in [-0.2, 0) is 31.1 Å². The smallest absolute Gasteiger partial charge is 0.417 e. The third-order valence-electron chi connectivity index (χ3n) is 11.3. The fourth-order valence-electron chi connectivity index (χ4n) is 8.24. The Kier molecular flexibility index (Phi) is 11.7. The molecule has 2 aliphatic heterocycles. The molecule has 0 fully saturated rings. The van der Waals surface area contributed by atoms with Gasteiger partial charge in [0.15, 0.2) is 23.3 Å². The monoisotopic (exact) mass is 938 g/mol. The van der Waals surface area contributed by atoms with E-state index in [2.05, 4.69) is 15.1 Å². The number of fused-ring (bicyclic) bond motifs is 1. The van der Waals surface area contributed by atoms with Gasteiger partial charge in [-0.25, -0.2) is 31.9 Å². The van der Waals surface area contributed by atoms with Crippen molar-refractivity contribution in [2.75, 3.05) is 20.8 Å². The van der Waals surface area contributed by atoms with Crippen LogP contribution in [0.2, 0.25) is 0 Å². The average Bonchev–Trinajstić information content (AvgIpc) is 3.66. The van der Waals surface area contributed by atoms with E-state index in [4.69, 9.17) is 9.47 Å². The summed E-state index contributed by atoms with van der Waals surface area (Å²) in [6.45, 7) is -1.40. The molecule has 0 amide bonds. The third kappa shape index (κ3) is 8.59. The quantitative estimate of drug-likeness (QED) is 0.0559. The molecule has 8 rings (SSSR count). The maximum absolute atomic E-state index is 16.2. The van der Waals surface area contributed by atoms with E-state index < -0.39 is 121 Å². The Morgan fingerprint density at radius 2 is 1.22 bits per heavy atom. The van der Waals surface area contributed by atoms with Crippen LogP contribution in [-0.4, -0.2) is 47.9 Å². The van der Waals surface area contributed by atoms with Gasteiger partial charge >= 0.3 is 12.4 Å². The lowest BCUT2D eigenvalue weighted by Crippen LogP contribution is -2.50. The van der Waals surface area contributed by atoms with Gasteiger partial charge in [0, 0.05) is 28.3 Å². The normalized spacial score (nSPS) is 16.6. The highest BCUT2D eigenvalue weighted by molar-refractivity contribution is 6.64. The summed E-state index contributed by atoms with van der Waals surface area (Å²) in [6.07, 6.45) is -8.76. The highest BCUT2D eigenvalue weighted by Gasteiger charge is 2.49. The number of quaternary nitrogens is 1. The predicted molar refractivity (Wildman–Crippen MR) is 223 cm³/mol. The SMILES string of the molecule is COc1ccc(-c2ccc(C[N+]3(Cc4ccc(-c5ccc(OC)cc5C(F)(F)F)c(F)c4)CC4=NC(c5cccc(F)c5F)(c5cccc(F)c5F)N=C4C=N3)c([N+](=O)[O-])c2)c(C(F)(F)F)c1. The number of alkyl halides is 6. The third-order valence-corrected chi connectivity index (χ3v) is 11.3. The minimum atomic E-state index is -4.93. The molecule has 67 heavy (non-hydrogen) atoms. The zero-order chi connectivity index (χ0) is 48.2. The van der Waals surface area contributed by atoms with Gasteiger partial charge in [-0.2, -0.15) is 30.9 Å². The van der Waals surface area contributed by atoms with Crippen molar-refractivity contribution in [2.24, 2.45) is 15.1 Å². The zero-order valence-corrected chi connectivity index (χ0v) is 34.6. The van der Waals surface area contributed by atoms with E-state index in [0.717, 1.165) is 93.2 Å². The van der Waals surface area contributed by atoms with E-state index in [9.17, 15) is 45.2 Å². The van der Waals surface area contributed by atoms with Crippen LogP contribution >= 0.6 is 0 Å². The summed E-state index contributed by atoms with van der Waals surface area (Å²) in [7, 11) is 2.32. The number of nitrogens with zero attached hydrogens (tertiary/aromatic N) is 5. The average molecular weight is 939 g/mol. The van der Waals surface area contributed by atoms with Crippen LogP contribution in [0.1, 0.15) is 33.4 Å². The standard InChI is InChI=1S/C47H31F11N5O4/c1-66-28-12-15-30(35(19-28)46(53,54)55)26-10-11-27(42(18-26)62(64)65)23-63(22-25-9-14-32(39(50)17-25)31-16-13-29(67-2)20-36(31)47(56,57)58)24-41-40(21-59-63)60-45(61-41,33-5-3-7-37(48)43(33)51)34-6-4-8-38(49)44(34)52/h3-21H,22-24H2,1-2H3/q+1. The van der Waals surface area contributed by atoms with Crippen molar-refractivity contribution in [3.63, 3.8) is 0 Å². The van der Waals surface area contributed by atoms with Gasteiger partial charge in [0.1, 0.15) is 54.6 Å². The Labute approximate surface area is 372 Å². The number of aliphatic imine (C=N–C) groups is 2. The second-order valence-electron chi connectivity index (χ2n) is 15.5. The molecular weight excluding hydrogens is 908 g/mol. The highest BCUT2D eigenvalue weighted by Crippen LogP contribution is 2.45. The van der Waals surface area contributed by atoms with Crippen molar-refractivity contribution < 1.29 is 67.3 Å². The Morgan fingerprint density at radius 1 is 0.657 bits per heavy atom. The largest absolute Gasteiger partial charge is 0.497 e. The molecule has 20 heteroatoms. The summed E-state index contributed by atoms with van der Waals surface area (Å²) in [5.74, 6) is -7.15. The first-order valence-corrected chi connectivity index (χ1v) is 19.7. The number of nitro groups is 1. The van der Waals surface area contributed by atoms with Crippen molar-refractivity contribution in [1.29, 1.82) is 0 Å². The molecule has 0 radical (unpaired) electrons.